The minimum Gasteiger partial charge on any atom is -0.384 e. The van der Waals surface area contributed by atoms with Crippen molar-refractivity contribution in [3.05, 3.63) is 47.9 Å². The molecule has 1 heterocycles. The number of hydrogen-bond donors (Lipinski definition) is 2. The Hall–Kier alpha value is -2.14. The molecule has 0 saturated heterocycles. The van der Waals surface area contributed by atoms with Gasteiger partial charge in [-0.05, 0) is 24.3 Å². The molecule has 2 rings (SSSR count). The maximum Gasteiger partial charge on any atom is 0.240 e. The minimum atomic E-state index is -3.61. The van der Waals surface area contributed by atoms with Gasteiger partial charge in [-0.25, -0.2) is 13.1 Å². The lowest BCUT2D eigenvalue weighted by atomic mass is 10.2. The molecular formula is C13H12N2O4S. The van der Waals surface area contributed by atoms with Crippen molar-refractivity contribution in [2.45, 2.75) is 11.4 Å². The summed E-state index contributed by atoms with van der Waals surface area (Å²) in [6.45, 7) is -0.201. The lowest BCUT2D eigenvalue weighted by molar-refractivity contribution is 0.350. The fraction of sp³-hybridized carbons (Fsp3) is 0.154. The maximum absolute atomic E-state index is 12.0. The number of nitrogens with one attached hydrogen (secondary N) is 1. The number of aliphatic hydroxyl groups is 1. The van der Waals surface area contributed by atoms with Gasteiger partial charge >= 0.3 is 0 Å². The number of sulfonamides is 1. The molecule has 0 amide bonds. The average molecular weight is 292 g/mol. The number of aromatic nitrogens is 1. The highest BCUT2D eigenvalue weighted by atomic mass is 32.2. The van der Waals surface area contributed by atoms with E-state index in [-0.39, 0.29) is 18.0 Å². The van der Waals surface area contributed by atoms with Crippen molar-refractivity contribution >= 4 is 10.0 Å². The number of nitrogens with zero attached hydrogens (tertiary/aromatic N) is 1. The van der Waals surface area contributed by atoms with E-state index >= 15 is 0 Å². The number of benzene rings is 1. The van der Waals surface area contributed by atoms with Crippen molar-refractivity contribution in [2.75, 3.05) is 6.61 Å². The van der Waals surface area contributed by atoms with Crippen LogP contribution in [0.4, 0.5) is 0 Å². The van der Waals surface area contributed by atoms with E-state index in [1.54, 1.807) is 18.2 Å². The number of rotatable bonds is 4. The fourth-order valence-corrected chi connectivity index (χ4v) is 2.44. The minimum absolute atomic E-state index is 0.0361. The Morgan fingerprint density at radius 3 is 2.60 bits per heavy atom. The molecule has 0 atom stereocenters. The van der Waals surface area contributed by atoms with Crippen LogP contribution >= 0.6 is 0 Å². The van der Waals surface area contributed by atoms with Gasteiger partial charge in [0.1, 0.15) is 6.61 Å². The van der Waals surface area contributed by atoms with E-state index < -0.39 is 10.0 Å². The SMILES string of the molecule is O=S(=O)(NCc1ccno1)c1ccc(C#CCO)cc1. The van der Waals surface area contributed by atoms with Crippen molar-refractivity contribution in [3.63, 3.8) is 0 Å². The Bertz CT molecular complexity index is 710. The number of aliphatic hydroxyl groups excluding tert-OH is 1. The first-order chi connectivity index (χ1) is 9.62. The Kier molecular flexibility index (Phi) is 4.53. The van der Waals surface area contributed by atoms with Crippen molar-refractivity contribution in [1.82, 2.24) is 9.88 Å². The Morgan fingerprint density at radius 2 is 2.00 bits per heavy atom. The molecule has 0 aliphatic rings. The van der Waals surface area contributed by atoms with E-state index in [1.165, 1.54) is 18.3 Å². The third-order valence-electron chi connectivity index (χ3n) is 2.40. The van der Waals surface area contributed by atoms with Crippen LogP contribution in [0, 0.1) is 11.8 Å². The van der Waals surface area contributed by atoms with Crippen LogP contribution < -0.4 is 4.72 Å². The van der Waals surface area contributed by atoms with Gasteiger partial charge < -0.3 is 9.63 Å². The lowest BCUT2D eigenvalue weighted by Gasteiger charge is -2.04. The van der Waals surface area contributed by atoms with Crippen LogP contribution in [0.3, 0.4) is 0 Å². The van der Waals surface area contributed by atoms with Gasteiger partial charge in [-0.15, -0.1) is 0 Å². The van der Waals surface area contributed by atoms with Crippen LogP contribution in [0.25, 0.3) is 0 Å². The highest BCUT2D eigenvalue weighted by molar-refractivity contribution is 7.89. The lowest BCUT2D eigenvalue weighted by Crippen LogP contribution is -2.22. The summed E-state index contributed by atoms with van der Waals surface area (Å²) >= 11 is 0. The van der Waals surface area contributed by atoms with Crippen LogP contribution in [-0.4, -0.2) is 25.3 Å². The smallest absolute Gasteiger partial charge is 0.240 e. The van der Waals surface area contributed by atoms with Gasteiger partial charge in [-0.2, -0.15) is 0 Å². The predicted octanol–water partition coefficient (Wildman–Crippen LogP) is 0.497. The van der Waals surface area contributed by atoms with Crippen molar-refractivity contribution in [1.29, 1.82) is 0 Å². The monoisotopic (exact) mass is 292 g/mol. The van der Waals surface area contributed by atoms with Crippen LogP contribution in [-0.2, 0) is 16.6 Å². The van der Waals surface area contributed by atoms with Gasteiger partial charge in [0.2, 0.25) is 10.0 Å². The van der Waals surface area contributed by atoms with E-state index in [1.807, 2.05) is 0 Å². The summed E-state index contributed by atoms with van der Waals surface area (Å²) < 4.78 is 31.2. The molecule has 20 heavy (non-hydrogen) atoms. The van der Waals surface area contributed by atoms with Gasteiger partial charge in [-0.3, -0.25) is 0 Å². The molecule has 6 nitrogen and oxygen atoms in total. The topological polar surface area (TPSA) is 92.4 Å². The van der Waals surface area contributed by atoms with E-state index in [0.29, 0.717) is 11.3 Å². The number of hydrogen-bond acceptors (Lipinski definition) is 5. The second-order valence-corrected chi connectivity index (χ2v) is 5.55. The molecular weight excluding hydrogens is 280 g/mol. The standard InChI is InChI=1S/C13H12N2O4S/c16-9-1-2-11-3-5-13(6-4-11)20(17,18)15-10-12-7-8-14-19-12/h3-8,15-16H,9-10H2. The summed E-state index contributed by atoms with van der Waals surface area (Å²) in [5, 5.41) is 12.1. The van der Waals surface area contributed by atoms with E-state index in [4.69, 9.17) is 9.63 Å². The zero-order valence-electron chi connectivity index (χ0n) is 10.4. The fourth-order valence-electron chi connectivity index (χ4n) is 1.44. The second-order valence-electron chi connectivity index (χ2n) is 3.79. The molecule has 0 bridgehead atoms. The molecule has 7 heteroatoms. The first-order valence-corrected chi connectivity index (χ1v) is 7.19. The van der Waals surface area contributed by atoms with E-state index in [9.17, 15) is 8.42 Å². The molecule has 1 aromatic carbocycles. The summed E-state index contributed by atoms with van der Waals surface area (Å²) in [6.07, 6.45) is 1.44. The summed E-state index contributed by atoms with van der Waals surface area (Å²) in [7, 11) is -3.61. The van der Waals surface area contributed by atoms with Gasteiger partial charge in [-0.1, -0.05) is 17.0 Å². The summed E-state index contributed by atoms with van der Waals surface area (Å²) in [4.78, 5) is 0.131. The molecule has 0 fully saturated rings. The molecule has 0 aliphatic carbocycles. The second kappa shape index (κ2) is 6.34. The summed E-state index contributed by atoms with van der Waals surface area (Å²) in [5.74, 6) is 5.61. The zero-order chi connectivity index (χ0) is 14.4. The van der Waals surface area contributed by atoms with Crippen LogP contribution in [0.2, 0.25) is 0 Å². The first kappa shape index (κ1) is 14.3. The van der Waals surface area contributed by atoms with Crippen molar-refractivity contribution < 1.29 is 18.0 Å². The summed E-state index contributed by atoms with van der Waals surface area (Å²) in [5.41, 5.74) is 0.633. The Morgan fingerprint density at radius 1 is 1.25 bits per heavy atom. The first-order valence-electron chi connectivity index (χ1n) is 5.71. The molecule has 104 valence electrons. The zero-order valence-corrected chi connectivity index (χ0v) is 11.2. The van der Waals surface area contributed by atoms with Gasteiger partial charge in [0, 0.05) is 11.6 Å². The van der Waals surface area contributed by atoms with Gasteiger partial charge in [0.05, 0.1) is 17.6 Å². The van der Waals surface area contributed by atoms with Gasteiger partial charge in [0.15, 0.2) is 5.76 Å². The third-order valence-corrected chi connectivity index (χ3v) is 3.82. The normalized spacial score (nSPS) is 10.8. The van der Waals surface area contributed by atoms with Crippen LogP contribution in [0.15, 0.2) is 45.9 Å². The van der Waals surface area contributed by atoms with Crippen molar-refractivity contribution in [2.24, 2.45) is 0 Å². The molecule has 2 N–H and O–H groups in total. The van der Waals surface area contributed by atoms with Crippen LogP contribution in [0.1, 0.15) is 11.3 Å². The highest BCUT2D eigenvalue weighted by Crippen LogP contribution is 2.10. The molecule has 0 aliphatic heterocycles. The molecule has 0 saturated carbocycles. The maximum atomic E-state index is 12.0. The summed E-state index contributed by atoms with van der Waals surface area (Å²) in [6, 6.07) is 7.63. The predicted molar refractivity (Wildman–Crippen MR) is 70.9 cm³/mol. The molecule has 0 radical (unpaired) electrons. The quantitative estimate of drug-likeness (QED) is 0.800. The molecule has 2 aromatic rings. The Labute approximate surface area is 116 Å². The molecule has 1 aromatic heterocycles. The van der Waals surface area contributed by atoms with E-state index in [2.05, 4.69) is 21.7 Å². The molecule has 0 unspecified atom stereocenters. The van der Waals surface area contributed by atoms with Crippen LogP contribution in [0.5, 0.6) is 0 Å². The van der Waals surface area contributed by atoms with E-state index in [0.717, 1.165) is 0 Å². The highest BCUT2D eigenvalue weighted by Gasteiger charge is 2.14. The molecule has 0 spiro atoms. The van der Waals surface area contributed by atoms with Gasteiger partial charge in [0.25, 0.3) is 0 Å². The Balaban J connectivity index is 2.09. The average Bonchev–Trinajstić information content (AvgIpc) is 2.97. The van der Waals surface area contributed by atoms with Crippen molar-refractivity contribution in [3.8, 4) is 11.8 Å². The largest absolute Gasteiger partial charge is 0.384 e. The third kappa shape index (κ3) is 3.68.